The lowest BCUT2D eigenvalue weighted by Gasteiger charge is -2.30. The molecular formula is C20H22N2O4. The molecule has 0 aromatic heterocycles. The van der Waals surface area contributed by atoms with Gasteiger partial charge < -0.3 is 9.47 Å². The summed E-state index contributed by atoms with van der Waals surface area (Å²) >= 11 is 0. The quantitative estimate of drug-likeness (QED) is 0.827. The molecule has 1 fully saturated rings. The molecule has 1 aliphatic rings. The van der Waals surface area contributed by atoms with E-state index >= 15 is 0 Å². The number of benzene rings is 2. The average Bonchev–Trinajstić information content (AvgIpc) is 2.65. The molecule has 2 amide bonds. The zero-order valence-corrected chi connectivity index (χ0v) is 14.4. The van der Waals surface area contributed by atoms with Gasteiger partial charge in [0.15, 0.2) is 0 Å². The van der Waals surface area contributed by atoms with E-state index in [-0.39, 0.29) is 0 Å². The highest BCUT2D eigenvalue weighted by molar-refractivity contribution is 5.85. The summed E-state index contributed by atoms with van der Waals surface area (Å²) < 4.78 is 11.0. The summed E-state index contributed by atoms with van der Waals surface area (Å²) in [6.07, 6.45) is 1.23. The van der Waals surface area contributed by atoms with E-state index in [1.54, 1.807) is 24.3 Å². The molecule has 136 valence electrons. The molecular weight excluding hydrogens is 332 g/mol. The molecule has 0 aliphatic heterocycles. The summed E-state index contributed by atoms with van der Waals surface area (Å²) in [5.74, 6) is 0. The summed E-state index contributed by atoms with van der Waals surface area (Å²) in [7, 11) is 0. The molecule has 6 nitrogen and oxygen atoms in total. The molecule has 26 heavy (non-hydrogen) atoms. The summed E-state index contributed by atoms with van der Waals surface area (Å²) in [6, 6.07) is 18.2. The van der Waals surface area contributed by atoms with Crippen molar-refractivity contribution in [1.29, 1.82) is 0 Å². The molecule has 2 atom stereocenters. The van der Waals surface area contributed by atoms with Crippen molar-refractivity contribution in [3.63, 3.8) is 0 Å². The topological polar surface area (TPSA) is 76.7 Å². The molecule has 0 heterocycles. The summed E-state index contributed by atoms with van der Waals surface area (Å²) in [5, 5.41) is 5.37. The molecule has 0 radical (unpaired) electrons. The van der Waals surface area contributed by atoms with Crippen LogP contribution >= 0.6 is 0 Å². The van der Waals surface area contributed by atoms with Gasteiger partial charge in [-0.15, -0.1) is 0 Å². The van der Waals surface area contributed by atoms with E-state index in [1.165, 1.54) is 0 Å². The Balaban J connectivity index is 1.53. The van der Waals surface area contributed by atoms with Gasteiger partial charge >= 0.3 is 12.2 Å². The van der Waals surface area contributed by atoms with Crippen molar-refractivity contribution in [2.45, 2.75) is 37.9 Å². The zero-order chi connectivity index (χ0) is 18.2. The second kappa shape index (κ2) is 8.89. The Labute approximate surface area is 152 Å². The van der Waals surface area contributed by atoms with Crippen molar-refractivity contribution >= 4 is 23.6 Å². The molecule has 6 heteroatoms. The fraction of sp³-hybridized carbons (Fsp3) is 0.300. The first-order chi connectivity index (χ1) is 12.7. The van der Waals surface area contributed by atoms with Gasteiger partial charge in [-0.25, -0.2) is 9.59 Å². The molecule has 0 spiro atoms. The van der Waals surface area contributed by atoms with Crippen LogP contribution in [-0.2, 0) is 9.47 Å². The lowest BCUT2D eigenvalue weighted by molar-refractivity contribution is -0.0229. The molecule has 0 saturated heterocycles. The minimum absolute atomic E-state index is 0.450. The Bertz CT molecular complexity index is 658. The van der Waals surface area contributed by atoms with Crippen LogP contribution in [0.15, 0.2) is 60.7 Å². The minimum Gasteiger partial charge on any atom is -0.442 e. The monoisotopic (exact) mass is 354 g/mol. The van der Waals surface area contributed by atoms with Crippen LogP contribution < -0.4 is 10.6 Å². The summed E-state index contributed by atoms with van der Waals surface area (Å²) in [6.45, 7) is 0. The minimum atomic E-state index is -0.542. The third-order valence-electron chi connectivity index (χ3n) is 4.20. The fourth-order valence-corrected chi connectivity index (χ4v) is 2.95. The van der Waals surface area contributed by atoms with Crippen LogP contribution in [0.5, 0.6) is 0 Å². The maximum atomic E-state index is 12.1. The fourth-order valence-electron chi connectivity index (χ4n) is 2.95. The smallest absolute Gasteiger partial charge is 0.412 e. The largest absolute Gasteiger partial charge is 0.442 e. The first kappa shape index (κ1) is 17.8. The maximum absolute atomic E-state index is 12.1. The molecule has 1 aliphatic carbocycles. The maximum Gasteiger partial charge on any atom is 0.412 e. The van der Waals surface area contributed by atoms with Crippen LogP contribution in [0.1, 0.15) is 25.7 Å². The number of hydrogen-bond donors (Lipinski definition) is 2. The first-order valence-corrected chi connectivity index (χ1v) is 8.76. The highest BCUT2D eigenvalue weighted by Gasteiger charge is 2.31. The molecule has 2 N–H and O–H groups in total. The Morgan fingerprint density at radius 2 is 1.08 bits per heavy atom. The van der Waals surface area contributed by atoms with Crippen molar-refractivity contribution in [2.24, 2.45) is 0 Å². The van der Waals surface area contributed by atoms with Crippen molar-refractivity contribution in [1.82, 2.24) is 0 Å². The number of carbonyl (C=O) groups is 2. The van der Waals surface area contributed by atoms with Crippen LogP contribution in [0, 0.1) is 0 Å². The van der Waals surface area contributed by atoms with E-state index in [2.05, 4.69) is 10.6 Å². The van der Waals surface area contributed by atoms with Gasteiger partial charge in [-0.05, 0) is 49.9 Å². The number of rotatable bonds is 4. The number of amides is 2. The summed E-state index contributed by atoms with van der Waals surface area (Å²) in [5.41, 5.74) is 1.32. The SMILES string of the molecule is O=C(Nc1ccccc1)O[C@H]1CCCC[C@@H]1OC(=O)Nc1ccccc1. The van der Waals surface area contributed by atoms with E-state index < -0.39 is 24.4 Å². The van der Waals surface area contributed by atoms with Crippen molar-refractivity contribution in [3.05, 3.63) is 60.7 Å². The predicted octanol–water partition coefficient (Wildman–Crippen LogP) is 4.80. The summed E-state index contributed by atoms with van der Waals surface area (Å²) in [4.78, 5) is 24.2. The molecule has 2 aromatic carbocycles. The molecule has 1 saturated carbocycles. The van der Waals surface area contributed by atoms with Crippen LogP contribution in [0.25, 0.3) is 0 Å². The second-order valence-corrected chi connectivity index (χ2v) is 6.15. The van der Waals surface area contributed by atoms with Gasteiger partial charge in [-0.3, -0.25) is 10.6 Å². The van der Waals surface area contributed by atoms with Crippen molar-refractivity contribution < 1.29 is 19.1 Å². The van der Waals surface area contributed by atoms with Gasteiger partial charge in [0.25, 0.3) is 0 Å². The van der Waals surface area contributed by atoms with Gasteiger partial charge in [-0.1, -0.05) is 36.4 Å². The number of carbonyl (C=O) groups excluding carboxylic acids is 2. The van der Waals surface area contributed by atoms with Crippen molar-refractivity contribution in [3.8, 4) is 0 Å². The lowest BCUT2D eigenvalue weighted by atomic mass is 9.94. The van der Waals surface area contributed by atoms with E-state index in [4.69, 9.17) is 9.47 Å². The number of ether oxygens (including phenoxy) is 2. The standard InChI is InChI=1S/C20H22N2O4/c23-19(21-15-9-3-1-4-10-15)25-17-13-7-8-14-18(17)26-20(24)22-16-11-5-2-6-12-16/h1-6,9-12,17-18H,7-8,13-14H2,(H,21,23)(H,22,24)/t17-,18-/m0/s1. The van der Waals surface area contributed by atoms with Crippen molar-refractivity contribution in [2.75, 3.05) is 10.6 Å². The lowest BCUT2D eigenvalue weighted by Crippen LogP contribution is -2.39. The Morgan fingerprint density at radius 3 is 1.46 bits per heavy atom. The Morgan fingerprint density at radius 1 is 0.692 bits per heavy atom. The number of anilines is 2. The van der Waals surface area contributed by atoms with Crippen LogP contribution in [0.2, 0.25) is 0 Å². The normalized spacial score (nSPS) is 19.2. The van der Waals surface area contributed by atoms with Gasteiger partial charge in [0.2, 0.25) is 0 Å². The highest BCUT2D eigenvalue weighted by Crippen LogP contribution is 2.25. The highest BCUT2D eigenvalue weighted by atomic mass is 16.6. The zero-order valence-electron chi connectivity index (χ0n) is 14.4. The third-order valence-corrected chi connectivity index (χ3v) is 4.20. The van der Waals surface area contributed by atoms with Gasteiger partial charge in [0.1, 0.15) is 12.2 Å². The van der Waals surface area contributed by atoms with Gasteiger partial charge in [0.05, 0.1) is 0 Å². The Kier molecular flexibility index (Phi) is 6.09. The Hall–Kier alpha value is -3.02. The van der Waals surface area contributed by atoms with E-state index in [0.29, 0.717) is 24.2 Å². The molecule has 0 bridgehead atoms. The molecule has 3 rings (SSSR count). The predicted molar refractivity (Wildman–Crippen MR) is 99.1 cm³/mol. The number of nitrogens with one attached hydrogen (secondary N) is 2. The number of para-hydroxylation sites is 2. The van der Waals surface area contributed by atoms with Crippen LogP contribution in [0.3, 0.4) is 0 Å². The third kappa shape index (κ3) is 5.24. The van der Waals surface area contributed by atoms with Gasteiger partial charge in [-0.2, -0.15) is 0 Å². The number of hydrogen-bond acceptors (Lipinski definition) is 4. The van der Waals surface area contributed by atoms with Crippen LogP contribution in [-0.4, -0.2) is 24.4 Å². The van der Waals surface area contributed by atoms with E-state index in [9.17, 15) is 9.59 Å². The molecule has 2 aromatic rings. The first-order valence-electron chi connectivity index (χ1n) is 8.76. The van der Waals surface area contributed by atoms with Gasteiger partial charge in [0, 0.05) is 11.4 Å². The van der Waals surface area contributed by atoms with E-state index in [1.807, 2.05) is 36.4 Å². The molecule has 0 unspecified atom stereocenters. The second-order valence-electron chi connectivity index (χ2n) is 6.15. The van der Waals surface area contributed by atoms with E-state index in [0.717, 1.165) is 12.8 Å². The van der Waals surface area contributed by atoms with Crippen LogP contribution in [0.4, 0.5) is 21.0 Å². The average molecular weight is 354 g/mol.